The number of hydrogen-bond acceptors (Lipinski definition) is 7. The lowest BCUT2D eigenvalue weighted by atomic mass is 9.94. The van der Waals surface area contributed by atoms with Crippen molar-refractivity contribution in [1.29, 1.82) is 0 Å². The van der Waals surface area contributed by atoms with Gasteiger partial charge < -0.3 is 15.0 Å². The van der Waals surface area contributed by atoms with Crippen LogP contribution in [0, 0.1) is 16.0 Å². The molecule has 10 heteroatoms. The molecule has 0 aliphatic carbocycles. The van der Waals surface area contributed by atoms with E-state index in [2.05, 4.69) is 10.8 Å². The summed E-state index contributed by atoms with van der Waals surface area (Å²) in [7, 11) is 0. The maximum Gasteiger partial charge on any atom is 0.407 e. The van der Waals surface area contributed by atoms with Crippen molar-refractivity contribution >= 4 is 23.4 Å². The van der Waals surface area contributed by atoms with Crippen molar-refractivity contribution in [3.63, 3.8) is 0 Å². The highest BCUT2D eigenvalue weighted by molar-refractivity contribution is 5.95. The lowest BCUT2D eigenvalue weighted by Crippen LogP contribution is -2.38. The number of rotatable bonds is 7. The molecule has 2 N–H and O–H groups in total. The van der Waals surface area contributed by atoms with E-state index in [-0.39, 0.29) is 17.2 Å². The third-order valence-electron chi connectivity index (χ3n) is 4.96. The third kappa shape index (κ3) is 8.88. The van der Waals surface area contributed by atoms with Crippen LogP contribution in [0.2, 0.25) is 0 Å². The van der Waals surface area contributed by atoms with Gasteiger partial charge in [0, 0.05) is 31.3 Å². The number of nitrogens with zero attached hydrogens (tertiary/aromatic N) is 2. The summed E-state index contributed by atoms with van der Waals surface area (Å²) in [6, 6.07) is 4.32. The van der Waals surface area contributed by atoms with Crippen LogP contribution in [0.1, 0.15) is 71.2 Å². The van der Waals surface area contributed by atoms with Gasteiger partial charge in [-0.3, -0.25) is 19.7 Å². The Morgan fingerprint density at radius 1 is 1.18 bits per heavy atom. The first kappa shape index (κ1) is 26.4. The van der Waals surface area contributed by atoms with E-state index < -0.39 is 28.1 Å². The average molecular weight is 465 g/mol. The fraction of sp³-hybridized carbons (Fsp3) is 0.652. The molecule has 1 heterocycles. The Kier molecular flexibility index (Phi) is 8.65. The zero-order valence-electron chi connectivity index (χ0n) is 20.4. The van der Waals surface area contributed by atoms with Gasteiger partial charge in [-0.15, -0.1) is 0 Å². The predicted octanol–water partition coefficient (Wildman–Crippen LogP) is 4.19. The first-order valence-electron chi connectivity index (χ1n) is 11.2. The van der Waals surface area contributed by atoms with Crippen LogP contribution in [-0.4, -0.2) is 47.8 Å². The van der Waals surface area contributed by atoms with Gasteiger partial charge in [-0.1, -0.05) is 0 Å². The maximum atomic E-state index is 12.5. The minimum absolute atomic E-state index is 0.0455. The number of alkyl carbamates (subject to hydrolysis) is 1. The Labute approximate surface area is 195 Å². The second-order valence-electron chi connectivity index (χ2n) is 10.3. The van der Waals surface area contributed by atoms with Gasteiger partial charge in [-0.2, -0.15) is 0 Å². The standard InChI is InChI=1S/C23H36N4O6/c1-22(2,3)32-21(29)24-12-11-16-8-7-13-26(15-16)19-14-17(9-10-18(19)27(30)31)20(28)25-33-23(4,5)6/h9-10,14,16H,7-8,11-13,15H2,1-6H3,(H,24,29)(H,25,28). The lowest BCUT2D eigenvalue weighted by Gasteiger charge is -2.34. The zero-order chi connectivity index (χ0) is 24.8. The minimum atomic E-state index is -0.563. The summed E-state index contributed by atoms with van der Waals surface area (Å²) in [6.45, 7) is 12.6. The van der Waals surface area contributed by atoms with Crippen LogP contribution in [0.4, 0.5) is 16.2 Å². The molecule has 1 saturated heterocycles. The van der Waals surface area contributed by atoms with Crippen LogP contribution in [0.15, 0.2) is 18.2 Å². The molecule has 1 atom stereocenters. The Hall–Kier alpha value is -2.88. The Morgan fingerprint density at radius 3 is 2.48 bits per heavy atom. The van der Waals surface area contributed by atoms with Crippen LogP contribution in [0.5, 0.6) is 0 Å². The molecule has 0 spiro atoms. The monoisotopic (exact) mass is 464 g/mol. The summed E-state index contributed by atoms with van der Waals surface area (Å²) in [6.07, 6.45) is 2.09. The van der Waals surface area contributed by atoms with E-state index in [9.17, 15) is 19.7 Å². The van der Waals surface area contributed by atoms with Crippen LogP contribution in [-0.2, 0) is 9.57 Å². The molecule has 1 unspecified atom stereocenters. The molecule has 0 saturated carbocycles. The van der Waals surface area contributed by atoms with Crippen LogP contribution in [0.3, 0.4) is 0 Å². The molecule has 184 valence electrons. The summed E-state index contributed by atoms with van der Waals surface area (Å²) < 4.78 is 5.25. The molecule has 0 radical (unpaired) electrons. The molecule has 0 aromatic heterocycles. The molecule has 1 aromatic rings. The number of hydroxylamine groups is 1. The lowest BCUT2D eigenvalue weighted by molar-refractivity contribution is -0.384. The first-order chi connectivity index (χ1) is 15.2. The van der Waals surface area contributed by atoms with Crippen molar-refractivity contribution in [3.05, 3.63) is 33.9 Å². The fourth-order valence-corrected chi connectivity index (χ4v) is 3.54. The topological polar surface area (TPSA) is 123 Å². The van der Waals surface area contributed by atoms with Gasteiger partial charge in [0.15, 0.2) is 0 Å². The van der Waals surface area contributed by atoms with Crippen LogP contribution in [0.25, 0.3) is 0 Å². The number of benzene rings is 1. The molecular formula is C23H36N4O6. The summed E-state index contributed by atoms with van der Waals surface area (Å²) in [5.41, 5.74) is 1.93. The van der Waals surface area contributed by atoms with Crippen molar-refractivity contribution in [2.24, 2.45) is 5.92 Å². The number of anilines is 1. The van der Waals surface area contributed by atoms with Crippen molar-refractivity contribution in [3.8, 4) is 0 Å². The number of nitro groups is 1. The molecule has 0 bridgehead atoms. The molecule has 2 rings (SSSR count). The average Bonchev–Trinajstić information content (AvgIpc) is 2.70. The summed E-state index contributed by atoms with van der Waals surface area (Å²) in [5.74, 6) is -0.216. The van der Waals surface area contributed by atoms with Gasteiger partial charge >= 0.3 is 6.09 Å². The van der Waals surface area contributed by atoms with E-state index in [1.165, 1.54) is 12.1 Å². The molecule has 1 aromatic carbocycles. The molecule has 33 heavy (non-hydrogen) atoms. The zero-order valence-corrected chi connectivity index (χ0v) is 20.4. The maximum absolute atomic E-state index is 12.5. The van der Waals surface area contributed by atoms with Gasteiger partial charge in [0.2, 0.25) is 0 Å². The Morgan fingerprint density at radius 2 is 1.88 bits per heavy atom. The van der Waals surface area contributed by atoms with Crippen LogP contribution >= 0.6 is 0 Å². The summed E-state index contributed by atoms with van der Waals surface area (Å²) in [4.78, 5) is 42.8. The van der Waals surface area contributed by atoms with E-state index in [1.54, 1.807) is 26.8 Å². The van der Waals surface area contributed by atoms with Crippen molar-refractivity contribution in [2.75, 3.05) is 24.5 Å². The highest BCUT2D eigenvalue weighted by atomic mass is 16.7. The van der Waals surface area contributed by atoms with Gasteiger partial charge in [-0.05, 0) is 78.9 Å². The molecule has 1 aliphatic heterocycles. The number of carbonyl (C=O) groups excluding carboxylic acids is 2. The van der Waals surface area contributed by atoms with Gasteiger partial charge in [0.1, 0.15) is 11.3 Å². The van der Waals surface area contributed by atoms with Crippen LogP contribution < -0.4 is 15.7 Å². The van der Waals surface area contributed by atoms with E-state index in [0.29, 0.717) is 25.3 Å². The Balaban J connectivity index is 2.06. The third-order valence-corrected chi connectivity index (χ3v) is 4.96. The fourth-order valence-electron chi connectivity index (χ4n) is 3.54. The SMILES string of the molecule is CC(C)(C)ONC(=O)c1ccc([N+](=O)[O-])c(N2CCCC(CCNC(=O)OC(C)(C)C)C2)c1. The number of ether oxygens (including phenoxy) is 1. The smallest absolute Gasteiger partial charge is 0.407 e. The van der Waals surface area contributed by atoms with Crippen molar-refractivity contribution in [2.45, 2.75) is 72.0 Å². The number of hydrogen-bond donors (Lipinski definition) is 2. The second kappa shape index (κ2) is 10.8. The van der Waals surface area contributed by atoms with E-state index in [0.717, 1.165) is 19.3 Å². The molecule has 10 nitrogen and oxygen atoms in total. The van der Waals surface area contributed by atoms with Crippen molar-refractivity contribution < 1.29 is 24.1 Å². The quantitative estimate of drug-likeness (QED) is 0.458. The van der Waals surface area contributed by atoms with E-state index >= 15 is 0 Å². The second-order valence-corrected chi connectivity index (χ2v) is 10.3. The molecular weight excluding hydrogens is 428 g/mol. The first-order valence-corrected chi connectivity index (χ1v) is 11.2. The molecule has 1 fully saturated rings. The summed E-state index contributed by atoms with van der Waals surface area (Å²) in [5, 5.41) is 14.4. The van der Waals surface area contributed by atoms with Crippen molar-refractivity contribution in [1.82, 2.24) is 10.8 Å². The van der Waals surface area contributed by atoms with Gasteiger partial charge in [0.05, 0.1) is 10.5 Å². The highest BCUT2D eigenvalue weighted by Gasteiger charge is 2.27. The molecule has 1 aliphatic rings. The number of carbonyl (C=O) groups is 2. The van der Waals surface area contributed by atoms with Gasteiger partial charge in [0.25, 0.3) is 11.6 Å². The minimum Gasteiger partial charge on any atom is -0.444 e. The predicted molar refractivity (Wildman–Crippen MR) is 125 cm³/mol. The highest BCUT2D eigenvalue weighted by Crippen LogP contribution is 2.33. The number of nitrogens with one attached hydrogen (secondary N) is 2. The summed E-state index contributed by atoms with van der Waals surface area (Å²) >= 11 is 0. The number of piperidine rings is 1. The Bertz CT molecular complexity index is 859. The van der Waals surface area contributed by atoms with Gasteiger partial charge in [-0.25, -0.2) is 10.3 Å². The number of nitro benzene ring substituents is 1. The van der Waals surface area contributed by atoms with E-state index in [1.807, 2.05) is 25.7 Å². The normalized spacial score (nSPS) is 16.8. The largest absolute Gasteiger partial charge is 0.444 e. The molecule has 2 amide bonds. The van der Waals surface area contributed by atoms with E-state index in [4.69, 9.17) is 9.57 Å². The number of amides is 2.